The largest absolute Gasteiger partial charge is 0.507 e. The molecule has 0 saturated heterocycles. The van der Waals surface area contributed by atoms with E-state index in [1.807, 2.05) is 53.7 Å². The fourth-order valence-electron chi connectivity index (χ4n) is 3.03. The predicted octanol–water partition coefficient (Wildman–Crippen LogP) is 5.52. The van der Waals surface area contributed by atoms with Gasteiger partial charge in [-0.15, -0.1) is 0 Å². The molecule has 142 valence electrons. The van der Waals surface area contributed by atoms with E-state index in [0.717, 1.165) is 11.1 Å². The van der Waals surface area contributed by atoms with Gasteiger partial charge in [0.25, 0.3) is 0 Å². The van der Waals surface area contributed by atoms with Gasteiger partial charge in [-0.1, -0.05) is 71.9 Å². The Morgan fingerprint density at radius 1 is 0.846 bits per heavy atom. The molecule has 4 heteroatoms. The monoisotopic (exact) mass is 374 g/mol. The van der Waals surface area contributed by atoms with E-state index >= 15 is 0 Å². The third-order valence-electron chi connectivity index (χ3n) is 4.75. The third-order valence-corrected chi connectivity index (χ3v) is 6.89. The molecule has 2 aromatic rings. The molecule has 0 aliphatic carbocycles. The van der Waals surface area contributed by atoms with Crippen LogP contribution in [0.15, 0.2) is 47.4 Å². The molecule has 0 fully saturated rings. The summed E-state index contributed by atoms with van der Waals surface area (Å²) in [6.45, 7) is 13.9. The van der Waals surface area contributed by atoms with Gasteiger partial charge in [-0.05, 0) is 46.6 Å². The summed E-state index contributed by atoms with van der Waals surface area (Å²) < 4.78 is 26.2. The number of rotatable bonds is 3. The van der Waals surface area contributed by atoms with Gasteiger partial charge < -0.3 is 5.11 Å². The van der Waals surface area contributed by atoms with Gasteiger partial charge in [-0.25, -0.2) is 8.42 Å². The van der Waals surface area contributed by atoms with E-state index in [0.29, 0.717) is 10.5 Å². The van der Waals surface area contributed by atoms with Crippen LogP contribution < -0.4 is 0 Å². The molecule has 0 amide bonds. The smallest absolute Gasteiger partial charge is 0.185 e. The first-order valence-corrected chi connectivity index (χ1v) is 10.5. The number of aromatic hydroxyl groups is 1. The molecule has 0 aliphatic rings. The molecule has 1 N–H and O–H groups in total. The topological polar surface area (TPSA) is 54.4 Å². The summed E-state index contributed by atoms with van der Waals surface area (Å²) in [7, 11) is -3.51. The maximum atomic E-state index is 13.1. The maximum Gasteiger partial charge on any atom is 0.185 e. The molecule has 0 bridgehead atoms. The minimum Gasteiger partial charge on any atom is -0.507 e. The van der Waals surface area contributed by atoms with Crippen LogP contribution in [0.2, 0.25) is 0 Å². The van der Waals surface area contributed by atoms with E-state index in [9.17, 15) is 13.5 Å². The molecule has 1 atom stereocenters. The van der Waals surface area contributed by atoms with Crippen molar-refractivity contribution in [1.29, 1.82) is 0 Å². The number of phenols is 1. The zero-order chi connectivity index (χ0) is 19.9. The molecular weight excluding hydrogens is 344 g/mol. The third kappa shape index (κ3) is 3.96. The molecule has 0 spiro atoms. The van der Waals surface area contributed by atoms with E-state index in [2.05, 4.69) is 0 Å². The summed E-state index contributed by atoms with van der Waals surface area (Å²) in [5.41, 5.74) is 1.67. The van der Waals surface area contributed by atoms with E-state index in [4.69, 9.17) is 0 Å². The van der Waals surface area contributed by atoms with Crippen molar-refractivity contribution in [3.05, 3.63) is 59.2 Å². The summed E-state index contributed by atoms with van der Waals surface area (Å²) in [5.74, 6) is 0.262. The molecule has 0 heterocycles. The molecule has 3 nitrogen and oxygen atoms in total. The first-order chi connectivity index (χ1) is 11.8. The number of hydrogen-bond acceptors (Lipinski definition) is 3. The molecular formula is C22H30O3S. The Balaban J connectivity index is 2.70. The van der Waals surface area contributed by atoms with Crippen molar-refractivity contribution in [3.63, 3.8) is 0 Å². The van der Waals surface area contributed by atoms with Gasteiger partial charge in [0.1, 0.15) is 5.75 Å². The van der Waals surface area contributed by atoms with Crippen molar-refractivity contribution in [2.75, 3.05) is 0 Å². The average Bonchev–Trinajstić information content (AvgIpc) is 2.53. The molecule has 0 radical (unpaired) electrons. The second-order valence-corrected chi connectivity index (χ2v) is 11.2. The summed E-state index contributed by atoms with van der Waals surface area (Å²) >= 11 is 0. The highest BCUT2D eigenvalue weighted by molar-refractivity contribution is 7.91. The van der Waals surface area contributed by atoms with Crippen LogP contribution in [0.5, 0.6) is 5.75 Å². The average molecular weight is 375 g/mol. The van der Waals surface area contributed by atoms with Crippen molar-refractivity contribution >= 4 is 9.84 Å². The van der Waals surface area contributed by atoms with Crippen molar-refractivity contribution in [2.24, 2.45) is 0 Å². The van der Waals surface area contributed by atoms with Gasteiger partial charge in [0.2, 0.25) is 0 Å². The van der Waals surface area contributed by atoms with Crippen LogP contribution in [0.3, 0.4) is 0 Å². The molecule has 0 aromatic heterocycles. The molecule has 0 saturated carbocycles. The van der Waals surface area contributed by atoms with Gasteiger partial charge >= 0.3 is 0 Å². The number of phenolic OH excluding ortho intramolecular Hbond substituents is 1. The standard InChI is InChI=1S/C22H30O3S/c1-15(26(24,25)17-11-9-8-10-12-17)16-13-18(21(2,3)4)20(23)19(14-16)22(5,6)7/h8-15,23H,1-7H3. The highest BCUT2D eigenvalue weighted by Crippen LogP contribution is 2.42. The first-order valence-electron chi connectivity index (χ1n) is 8.93. The van der Waals surface area contributed by atoms with Crippen molar-refractivity contribution in [3.8, 4) is 5.75 Å². The Kier molecular flexibility index (Phi) is 5.31. The first kappa shape index (κ1) is 20.5. The zero-order valence-corrected chi connectivity index (χ0v) is 17.6. The predicted molar refractivity (Wildman–Crippen MR) is 108 cm³/mol. The summed E-state index contributed by atoms with van der Waals surface area (Å²) in [5, 5.41) is 10.1. The second kappa shape index (κ2) is 6.73. The van der Waals surface area contributed by atoms with Gasteiger partial charge in [-0.2, -0.15) is 0 Å². The van der Waals surface area contributed by atoms with Crippen LogP contribution in [0, 0.1) is 0 Å². The van der Waals surface area contributed by atoms with Crippen LogP contribution in [0.25, 0.3) is 0 Å². The Hall–Kier alpha value is -1.81. The lowest BCUT2D eigenvalue weighted by Crippen LogP contribution is -2.19. The van der Waals surface area contributed by atoms with Crippen LogP contribution in [-0.2, 0) is 20.7 Å². The highest BCUT2D eigenvalue weighted by Gasteiger charge is 2.31. The summed E-state index contributed by atoms with van der Waals surface area (Å²) in [6.07, 6.45) is 0. The van der Waals surface area contributed by atoms with Crippen LogP contribution in [-0.4, -0.2) is 13.5 Å². The normalized spacial score (nSPS) is 14.3. The lowest BCUT2D eigenvalue weighted by atomic mass is 9.78. The minimum absolute atomic E-state index is 0.262. The van der Waals surface area contributed by atoms with Crippen molar-refractivity contribution < 1.29 is 13.5 Å². The van der Waals surface area contributed by atoms with Crippen LogP contribution in [0.1, 0.15) is 70.4 Å². The van der Waals surface area contributed by atoms with Crippen LogP contribution >= 0.6 is 0 Å². The molecule has 1 unspecified atom stereocenters. The highest BCUT2D eigenvalue weighted by atomic mass is 32.2. The summed E-state index contributed by atoms with van der Waals surface area (Å²) in [6, 6.07) is 12.2. The quantitative estimate of drug-likeness (QED) is 0.769. The number of benzene rings is 2. The lowest BCUT2D eigenvalue weighted by Gasteiger charge is -2.29. The lowest BCUT2D eigenvalue weighted by molar-refractivity contribution is 0.422. The fourth-order valence-corrected chi connectivity index (χ4v) is 4.47. The second-order valence-electron chi connectivity index (χ2n) is 8.96. The van der Waals surface area contributed by atoms with E-state index in [1.54, 1.807) is 37.3 Å². The maximum absolute atomic E-state index is 13.1. The van der Waals surface area contributed by atoms with Crippen molar-refractivity contribution in [1.82, 2.24) is 0 Å². The number of sulfone groups is 1. The van der Waals surface area contributed by atoms with Gasteiger partial charge in [0.15, 0.2) is 9.84 Å². The van der Waals surface area contributed by atoms with E-state index in [1.165, 1.54) is 0 Å². The van der Waals surface area contributed by atoms with E-state index in [-0.39, 0.29) is 16.6 Å². The molecule has 26 heavy (non-hydrogen) atoms. The number of hydrogen-bond donors (Lipinski definition) is 1. The fraction of sp³-hybridized carbons (Fsp3) is 0.455. The van der Waals surface area contributed by atoms with Crippen molar-refractivity contribution in [2.45, 2.75) is 69.4 Å². The van der Waals surface area contributed by atoms with Gasteiger partial charge in [0, 0.05) is 0 Å². The molecule has 2 aromatic carbocycles. The van der Waals surface area contributed by atoms with Gasteiger partial charge in [-0.3, -0.25) is 0 Å². The molecule has 2 rings (SSSR count). The Morgan fingerprint density at radius 2 is 1.27 bits per heavy atom. The zero-order valence-electron chi connectivity index (χ0n) is 16.8. The van der Waals surface area contributed by atoms with Crippen LogP contribution in [0.4, 0.5) is 0 Å². The molecule has 0 aliphatic heterocycles. The van der Waals surface area contributed by atoms with E-state index < -0.39 is 15.1 Å². The Labute approximate surface area is 158 Å². The minimum atomic E-state index is -3.51. The van der Waals surface area contributed by atoms with Gasteiger partial charge in [0.05, 0.1) is 10.1 Å². The Bertz CT molecular complexity index is 848. The Morgan fingerprint density at radius 3 is 1.65 bits per heavy atom. The SMILES string of the molecule is CC(c1cc(C(C)(C)C)c(O)c(C(C)(C)C)c1)S(=O)(=O)c1ccccc1. The summed E-state index contributed by atoms with van der Waals surface area (Å²) in [4.78, 5) is 0.315.